The lowest BCUT2D eigenvalue weighted by Crippen LogP contribution is -2.37. The number of anilines is 2. The Kier molecular flexibility index (Phi) is 4.52. The highest BCUT2D eigenvalue weighted by molar-refractivity contribution is 5.96. The molecule has 3 rings (SSSR count). The molecule has 1 aromatic heterocycles. The van der Waals surface area contributed by atoms with Gasteiger partial charge in [0.1, 0.15) is 0 Å². The van der Waals surface area contributed by atoms with Crippen LogP contribution < -0.4 is 11.1 Å². The molecule has 0 saturated carbocycles. The number of benzene rings is 1. The summed E-state index contributed by atoms with van der Waals surface area (Å²) in [4.78, 5) is 6.80. The van der Waals surface area contributed by atoms with Crippen LogP contribution in [0.15, 0.2) is 30.5 Å². The summed E-state index contributed by atoms with van der Waals surface area (Å²) in [6.07, 6.45) is 2.82. The third-order valence-corrected chi connectivity index (χ3v) is 3.86. The van der Waals surface area contributed by atoms with Crippen LogP contribution in [0, 0.1) is 0 Å². The first-order chi connectivity index (χ1) is 10.3. The quantitative estimate of drug-likeness (QED) is 0.823. The van der Waals surface area contributed by atoms with Crippen LogP contribution in [0.25, 0.3) is 10.9 Å². The third kappa shape index (κ3) is 3.43. The van der Waals surface area contributed by atoms with Gasteiger partial charge in [-0.25, -0.2) is 0 Å². The molecule has 5 nitrogen and oxygen atoms in total. The van der Waals surface area contributed by atoms with Crippen molar-refractivity contribution in [3.8, 4) is 0 Å². The number of hydrogen-bond donors (Lipinski definition) is 2. The number of pyridine rings is 1. The zero-order chi connectivity index (χ0) is 14.5. The number of hydrogen-bond acceptors (Lipinski definition) is 5. The van der Waals surface area contributed by atoms with Crippen molar-refractivity contribution < 1.29 is 4.74 Å². The molecule has 1 aromatic carbocycles. The zero-order valence-electron chi connectivity index (χ0n) is 12.2. The fourth-order valence-electron chi connectivity index (χ4n) is 2.69. The maximum Gasteiger partial charge on any atom is 0.0743 e. The smallest absolute Gasteiger partial charge is 0.0743 e. The van der Waals surface area contributed by atoms with E-state index in [9.17, 15) is 0 Å². The first-order valence-electron chi connectivity index (χ1n) is 7.52. The molecule has 0 spiro atoms. The summed E-state index contributed by atoms with van der Waals surface area (Å²) in [5, 5.41) is 4.56. The molecule has 0 unspecified atom stereocenters. The van der Waals surface area contributed by atoms with Gasteiger partial charge in [0.15, 0.2) is 0 Å². The minimum Gasteiger partial charge on any atom is -0.396 e. The van der Waals surface area contributed by atoms with E-state index < -0.39 is 0 Å². The topological polar surface area (TPSA) is 63.4 Å². The minimum absolute atomic E-state index is 0.708. The molecule has 5 heteroatoms. The Bertz CT molecular complexity index is 596. The van der Waals surface area contributed by atoms with Gasteiger partial charge in [0.2, 0.25) is 0 Å². The molecule has 1 fully saturated rings. The molecular weight excluding hydrogens is 264 g/mol. The molecule has 1 aliphatic heterocycles. The van der Waals surface area contributed by atoms with Gasteiger partial charge >= 0.3 is 0 Å². The molecule has 0 aliphatic carbocycles. The normalized spacial score (nSPS) is 16.2. The van der Waals surface area contributed by atoms with Gasteiger partial charge in [-0.2, -0.15) is 0 Å². The van der Waals surface area contributed by atoms with Gasteiger partial charge in [-0.15, -0.1) is 0 Å². The number of nitrogen functional groups attached to an aromatic ring is 1. The number of morpholine rings is 1. The zero-order valence-corrected chi connectivity index (χ0v) is 12.2. The number of aromatic nitrogens is 1. The van der Waals surface area contributed by atoms with Crippen molar-refractivity contribution in [3.05, 3.63) is 30.5 Å². The lowest BCUT2D eigenvalue weighted by atomic mass is 10.1. The highest BCUT2D eigenvalue weighted by Gasteiger charge is 2.10. The molecule has 2 heterocycles. The number of nitrogens with two attached hydrogens (primary N) is 1. The monoisotopic (exact) mass is 286 g/mol. The van der Waals surface area contributed by atoms with Gasteiger partial charge in [-0.3, -0.25) is 9.88 Å². The van der Waals surface area contributed by atoms with Crippen LogP contribution in [0.4, 0.5) is 11.4 Å². The Morgan fingerprint density at radius 2 is 2.05 bits per heavy atom. The second kappa shape index (κ2) is 6.74. The van der Waals surface area contributed by atoms with Crippen LogP contribution in [0.3, 0.4) is 0 Å². The van der Waals surface area contributed by atoms with E-state index in [0.29, 0.717) is 5.69 Å². The van der Waals surface area contributed by atoms with Gasteiger partial charge in [-0.05, 0) is 19.0 Å². The van der Waals surface area contributed by atoms with Crippen molar-refractivity contribution in [1.29, 1.82) is 0 Å². The van der Waals surface area contributed by atoms with E-state index in [4.69, 9.17) is 10.5 Å². The predicted molar refractivity (Wildman–Crippen MR) is 86.5 cm³/mol. The number of nitrogens with zero attached hydrogens (tertiary/aromatic N) is 2. The third-order valence-electron chi connectivity index (χ3n) is 3.86. The second-order valence-electron chi connectivity index (χ2n) is 5.34. The Morgan fingerprint density at radius 1 is 1.24 bits per heavy atom. The summed E-state index contributed by atoms with van der Waals surface area (Å²) in [5.74, 6) is 0. The van der Waals surface area contributed by atoms with Crippen molar-refractivity contribution >= 4 is 22.3 Å². The summed E-state index contributed by atoms with van der Waals surface area (Å²) in [5.41, 5.74) is 8.74. The predicted octanol–water partition coefficient (Wildman–Crippen LogP) is 1.95. The average Bonchev–Trinajstić information content (AvgIpc) is 2.54. The molecular formula is C16H22N4O. The Hall–Kier alpha value is -1.85. The molecule has 2 aromatic rings. The van der Waals surface area contributed by atoms with Crippen LogP contribution in [0.2, 0.25) is 0 Å². The van der Waals surface area contributed by atoms with E-state index in [1.165, 1.54) is 0 Å². The largest absolute Gasteiger partial charge is 0.396 e. The number of fused-ring (bicyclic) bond motifs is 1. The van der Waals surface area contributed by atoms with Gasteiger partial charge < -0.3 is 15.8 Å². The van der Waals surface area contributed by atoms with Gasteiger partial charge in [-0.1, -0.05) is 18.2 Å². The summed E-state index contributed by atoms with van der Waals surface area (Å²) in [6.45, 7) is 5.81. The number of rotatable bonds is 5. The van der Waals surface area contributed by atoms with E-state index in [1.807, 2.05) is 18.2 Å². The van der Waals surface area contributed by atoms with Gasteiger partial charge in [0.05, 0.1) is 36.3 Å². The van der Waals surface area contributed by atoms with Crippen molar-refractivity contribution in [2.45, 2.75) is 6.42 Å². The lowest BCUT2D eigenvalue weighted by molar-refractivity contribution is 0.0378. The first-order valence-corrected chi connectivity index (χ1v) is 7.52. The fourth-order valence-corrected chi connectivity index (χ4v) is 2.69. The highest BCUT2D eigenvalue weighted by Crippen LogP contribution is 2.27. The lowest BCUT2D eigenvalue weighted by Gasteiger charge is -2.26. The molecule has 0 bridgehead atoms. The fraction of sp³-hybridized carbons (Fsp3) is 0.438. The van der Waals surface area contributed by atoms with E-state index in [0.717, 1.165) is 62.4 Å². The Morgan fingerprint density at radius 3 is 2.90 bits per heavy atom. The van der Waals surface area contributed by atoms with Crippen molar-refractivity contribution in [1.82, 2.24) is 9.88 Å². The SMILES string of the molecule is Nc1cnc2ccccc2c1NCCCN1CCOCC1. The van der Waals surface area contributed by atoms with Gasteiger partial charge in [0, 0.05) is 25.0 Å². The maximum atomic E-state index is 6.06. The van der Waals surface area contributed by atoms with E-state index >= 15 is 0 Å². The van der Waals surface area contributed by atoms with E-state index in [2.05, 4.69) is 21.3 Å². The molecule has 3 N–H and O–H groups in total. The number of nitrogens with one attached hydrogen (secondary N) is 1. The van der Waals surface area contributed by atoms with Crippen molar-refractivity contribution in [2.24, 2.45) is 0 Å². The van der Waals surface area contributed by atoms with Crippen LogP contribution in [-0.4, -0.2) is 49.3 Å². The van der Waals surface area contributed by atoms with Gasteiger partial charge in [0.25, 0.3) is 0 Å². The minimum atomic E-state index is 0.708. The molecule has 112 valence electrons. The highest BCUT2D eigenvalue weighted by atomic mass is 16.5. The molecule has 1 aliphatic rings. The second-order valence-corrected chi connectivity index (χ2v) is 5.34. The van der Waals surface area contributed by atoms with E-state index in [1.54, 1.807) is 6.20 Å². The maximum absolute atomic E-state index is 6.06. The molecule has 0 amide bonds. The van der Waals surface area contributed by atoms with Crippen LogP contribution in [0.1, 0.15) is 6.42 Å². The number of para-hydroxylation sites is 1. The molecule has 0 radical (unpaired) electrons. The van der Waals surface area contributed by atoms with Crippen LogP contribution in [0.5, 0.6) is 0 Å². The van der Waals surface area contributed by atoms with Crippen LogP contribution >= 0.6 is 0 Å². The Labute approximate surface area is 125 Å². The molecule has 1 saturated heterocycles. The summed E-state index contributed by atoms with van der Waals surface area (Å²) in [6, 6.07) is 8.08. The first kappa shape index (κ1) is 14.1. The summed E-state index contributed by atoms with van der Waals surface area (Å²) < 4.78 is 5.36. The standard InChI is InChI=1S/C16H22N4O/c17-14-12-19-15-5-2-1-4-13(15)16(14)18-6-3-7-20-8-10-21-11-9-20/h1-2,4-5,12H,3,6-11,17H2,(H,18,19). The summed E-state index contributed by atoms with van der Waals surface area (Å²) in [7, 11) is 0. The van der Waals surface area contributed by atoms with E-state index in [-0.39, 0.29) is 0 Å². The van der Waals surface area contributed by atoms with Crippen molar-refractivity contribution in [3.63, 3.8) is 0 Å². The van der Waals surface area contributed by atoms with Crippen molar-refractivity contribution in [2.75, 3.05) is 50.4 Å². The Balaban J connectivity index is 1.58. The number of ether oxygens (including phenoxy) is 1. The average molecular weight is 286 g/mol. The summed E-state index contributed by atoms with van der Waals surface area (Å²) >= 11 is 0. The molecule has 0 atom stereocenters. The van der Waals surface area contributed by atoms with Crippen LogP contribution in [-0.2, 0) is 4.74 Å². The molecule has 21 heavy (non-hydrogen) atoms.